The SMILES string of the molecule is COc1cc([C@@H]2c3[nH]c4ccccc4c3[C@@H](NCCN(C)C)[C@H]3COC(=O)N23)cc(OC)c1O. The molecule has 2 aromatic carbocycles. The van der Waals surface area contributed by atoms with Gasteiger partial charge >= 0.3 is 6.09 Å². The van der Waals surface area contributed by atoms with E-state index in [0.717, 1.165) is 40.8 Å². The number of carbonyl (C=O) groups is 1. The van der Waals surface area contributed by atoms with Gasteiger partial charge in [-0.25, -0.2) is 4.79 Å². The van der Waals surface area contributed by atoms with Crippen molar-refractivity contribution in [1.29, 1.82) is 0 Å². The van der Waals surface area contributed by atoms with Crippen molar-refractivity contribution in [3.63, 3.8) is 0 Å². The molecule has 1 aromatic heterocycles. The normalized spacial score (nSPS) is 21.5. The summed E-state index contributed by atoms with van der Waals surface area (Å²) < 4.78 is 16.4. The maximum Gasteiger partial charge on any atom is 0.411 e. The van der Waals surface area contributed by atoms with Gasteiger partial charge in [-0.15, -0.1) is 0 Å². The number of nitrogens with zero attached hydrogens (tertiary/aromatic N) is 2. The van der Waals surface area contributed by atoms with E-state index < -0.39 is 6.04 Å². The average molecular weight is 467 g/mol. The van der Waals surface area contributed by atoms with E-state index in [9.17, 15) is 9.90 Å². The minimum absolute atomic E-state index is 0.0785. The quantitative estimate of drug-likeness (QED) is 0.492. The summed E-state index contributed by atoms with van der Waals surface area (Å²) in [5.74, 6) is 0.481. The van der Waals surface area contributed by atoms with E-state index in [1.165, 1.54) is 14.2 Å². The zero-order valence-electron chi connectivity index (χ0n) is 19.8. The number of para-hydroxylation sites is 1. The molecule has 3 aromatic rings. The van der Waals surface area contributed by atoms with Crippen molar-refractivity contribution in [2.24, 2.45) is 0 Å². The van der Waals surface area contributed by atoms with Crippen molar-refractivity contribution >= 4 is 17.0 Å². The number of carbonyl (C=O) groups excluding carboxylic acids is 1. The second kappa shape index (κ2) is 8.73. The molecule has 0 aliphatic carbocycles. The van der Waals surface area contributed by atoms with Gasteiger partial charge in [-0.05, 0) is 37.9 Å². The number of aromatic nitrogens is 1. The molecule has 3 atom stereocenters. The molecule has 5 rings (SSSR count). The molecule has 34 heavy (non-hydrogen) atoms. The van der Waals surface area contributed by atoms with Gasteiger partial charge < -0.3 is 34.5 Å². The fourth-order valence-corrected chi connectivity index (χ4v) is 5.15. The van der Waals surface area contributed by atoms with E-state index in [1.807, 2.05) is 32.3 Å². The molecule has 2 aliphatic rings. The van der Waals surface area contributed by atoms with E-state index in [0.29, 0.717) is 6.61 Å². The number of fused-ring (bicyclic) bond motifs is 4. The van der Waals surface area contributed by atoms with Crippen molar-refractivity contribution in [2.45, 2.75) is 18.1 Å². The Hall–Kier alpha value is -3.43. The lowest BCUT2D eigenvalue weighted by Crippen LogP contribution is -2.50. The van der Waals surface area contributed by atoms with Crippen molar-refractivity contribution in [3.05, 3.63) is 53.2 Å². The number of likely N-dealkylation sites (N-methyl/N-ethyl adjacent to an activating group) is 1. The number of aromatic amines is 1. The van der Waals surface area contributed by atoms with Gasteiger partial charge in [0.2, 0.25) is 5.75 Å². The van der Waals surface area contributed by atoms with E-state index in [-0.39, 0.29) is 35.4 Å². The molecular weight excluding hydrogens is 436 g/mol. The van der Waals surface area contributed by atoms with Crippen LogP contribution in [0.3, 0.4) is 0 Å². The second-order valence-electron chi connectivity index (χ2n) is 8.96. The number of benzene rings is 2. The Morgan fingerprint density at radius 1 is 1.21 bits per heavy atom. The summed E-state index contributed by atoms with van der Waals surface area (Å²) in [7, 11) is 7.06. The van der Waals surface area contributed by atoms with Crippen molar-refractivity contribution in [1.82, 2.24) is 20.1 Å². The number of methoxy groups -OCH3 is 2. The number of hydrogen-bond acceptors (Lipinski definition) is 7. The van der Waals surface area contributed by atoms with Crippen LogP contribution in [0.15, 0.2) is 36.4 Å². The van der Waals surface area contributed by atoms with Crippen molar-refractivity contribution in [3.8, 4) is 17.2 Å². The Morgan fingerprint density at radius 2 is 1.91 bits per heavy atom. The summed E-state index contributed by atoms with van der Waals surface area (Å²) in [6, 6.07) is 10.9. The Balaban J connectivity index is 1.71. The number of hydrogen-bond donors (Lipinski definition) is 3. The monoisotopic (exact) mass is 466 g/mol. The molecule has 1 saturated heterocycles. The largest absolute Gasteiger partial charge is 0.502 e. The van der Waals surface area contributed by atoms with E-state index >= 15 is 0 Å². The number of nitrogens with one attached hydrogen (secondary N) is 2. The van der Waals surface area contributed by atoms with E-state index in [1.54, 1.807) is 17.0 Å². The maximum absolute atomic E-state index is 13.1. The van der Waals surface area contributed by atoms with Crippen LogP contribution in [0.25, 0.3) is 10.9 Å². The molecular formula is C25H30N4O5. The summed E-state index contributed by atoms with van der Waals surface area (Å²) in [5, 5.41) is 15.3. The third-order valence-electron chi connectivity index (χ3n) is 6.71. The molecule has 2 aliphatic heterocycles. The number of aromatic hydroxyl groups is 1. The number of phenolic OH excluding ortho intramolecular Hbond substituents is 1. The topological polar surface area (TPSA) is 99.3 Å². The van der Waals surface area contributed by atoms with Crippen molar-refractivity contribution < 1.29 is 24.1 Å². The molecule has 9 nitrogen and oxygen atoms in total. The predicted molar refractivity (Wildman–Crippen MR) is 128 cm³/mol. The lowest BCUT2D eigenvalue weighted by atomic mass is 9.85. The van der Waals surface area contributed by atoms with Crippen LogP contribution < -0.4 is 14.8 Å². The second-order valence-corrected chi connectivity index (χ2v) is 8.96. The zero-order valence-corrected chi connectivity index (χ0v) is 19.8. The molecule has 0 radical (unpaired) electrons. The van der Waals surface area contributed by atoms with E-state index in [2.05, 4.69) is 21.3 Å². The van der Waals surface area contributed by atoms with Crippen LogP contribution in [-0.2, 0) is 4.74 Å². The Labute approximate surface area is 198 Å². The standard InChI is InChI=1S/C25H30N4O5/c1-28(2)10-9-26-21-17-13-34-25(31)29(17)23(14-11-18(32-3)24(30)19(12-14)33-4)22-20(21)15-7-5-6-8-16(15)27-22/h5-8,11-12,17,21,23,26-27,30H,9-10,13H2,1-4H3/t17-,21+,23-/m1/s1. The third-order valence-corrected chi connectivity index (χ3v) is 6.71. The Morgan fingerprint density at radius 3 is 2.59 bits per heavy atom. The summed E-state index contributed by atoms with van der Waals surface area (Å²) in [4.78, 5) is 20.5. The summed E-state index contributed by atoms with van der Waals surface area (Å²) in [6.45, 7) is 1.92. The van der Waals surface area contributed by atoms with Crippen LogP contribution in [0.4, 0.5) is 4.79 Å². The Kier molecular flexibility index (Phi) is 5.75. The highest BCUT2D eigenvalue weighted by atomic mass is 16.6. The number of phenols is 1. The summed E-state index contributed by atoms with van der Waals surface area (Å²) in [6.07, 6.45) is -0.371. The highest BCUT2D eigenvalue weighted by Gasteiger charge is 2.50. The summed E-state index contributed by atoms with van der Waals surface area (Å²) in [5.41, 5.74) is 3.80. The van der Waals surface area contributed by atoms with Gasteiger partial charge in [0, 0.05) is 35.2 Å². The Bertz CT molecular complexity index is 1200. The van der Waals surface area contributed by atoms with Crippen LogP contribution >= 0.6 is 0 Å². The molecule has 0 bridgehead atoms. The molecule has 9 heteroatoms. The number of amides is 1. The molecule has 180 valence electrons. The van der Waals surface area contributed by atoms with Gasteiger partial charge in [-0.1, -0.05) is 18.2 Å². The first-order chi connectivity index (χ1) is 16.4. The van der Waals surface area contributed by atoms with Crippen LogP contribution in [0.5, 0.6) is 17.2 Å². The molecule has 0 saturated carbocycles. The van der Waals surface area contributed by atoms with Crippen LogP contribution in [0.2, 0.25) is 0 Å². The number of H-pyrrole nitrogens is 1. The first-order valence-corrected chi connectivity index (χ1v) is 11.3. The minimum Gasteiger partial charge on any atom is -0.502 e. The van der Waals surface area contributed by atoms with Gasteiger partial charge in [0.05, 0.1) is 26.3 Å². The number of rotatable bonds is 7. The van der Waals surface area contributed by atoms with E-state index in [4.69, 9.17) is 14.2 Å². The highest BCUT2D eigenvalue weighted by Crippen LogP contribution is 2.49. The number of ether oxygens (including phenoxy) is 3. The first-order valence-electron chi connectivity index (χ1n) is 11.3. The molecule has 1 amide bonds. The first kappa shape index (κ1) is 22.4. The summed E-state index contributed by atoms with van der Waals surface area (Å²) >= 11 is 0. The van der Waals surface area contributed by atoms with Crippen molar-refractivity contribution in [2.75, 3.05) is 48.0 Å². The smallest absolute Gasteiger partial charge is 0.411 e. The lowest BCUT2D eigenvalue weighted by molar-refractivity contribution is 0.141. The van der Waals surface area contributed by atoms with Crippen LogP contribution in [0, 0.1) is 0 Å². The molecule has 3 N–H and O–H groups in total. The van der Waals surface area contributed by atoms with Gasteiger partial charge in [0.15, 0.2) is 11.5 Å². The predicted octanol–water partition coefficient (Wildman–Crippen LogP) is 3.01. The lowest BCUT2D eigenvalue weighted by Gasteiger charge is -2.41. The molecule has 0 spiro atoms. The molecule has 0 unspecified atom stereocenters. The fourth-order valence-electron chi connectivity index (χ4n) is 5.15. The molecule has 3 heterocycles. The zero-order chi connectivity index (χ0) is 24.0. The van der Waals surface area contributed by atoms with Gasteiger partial charge in [-0.3, -0.25) is 4.90 Å². The van der Waals surface area contributed by atoms with Gasteiger partial charge in [-0.2, -0.15) is 0 Å². The fraction of sp³-hybridized carbons (Fsp3) is 0.400. The van der Waals surface area contributed by atoms with Crippen LogP contribution in [-0.4, -0.2) is 80.0 Å². The van der Waals surface area contributed by atoms with Gasteiger partial charge in [0.25, 0.3) is 0 Å². The average Bonchev–Trinajstić information content (AvgIpc) is 3.40. The van der Waals surface area contributed by atoms with Crippen LogP contribution in [0.1, 0.15) is 28.9 Å². The number of cyclic esters (lactones) is 1. The molecule has 1 fully saturated rings. The highest BCUT2D eigenvalue weighted by molar-refractivity contribution is 5.87. The maximum atomic E-state index is 13.1. The third kappa shape index (κ3) is 3.52. The van der Waals surface area contributed by atoms with Gasteiger partial charge in [0.1, 0.15) is 12.6 Å². The minimum atomic E-state index is -0.460.